The molecule has 0 aliphatic carbocycles. The van der Waals surface area contributed by atoms with E-state index in [0.29, 0.717) is 25.9 Å². The predicted octanol–water partition coefficient (Wildman–Crippen LogP) is 0.524. The molecule has 0 bridgehead atoms. The molecule has 0 saturated carbocycles. The molecule has 2 aliphatic heterocycles. The molecule has 0 atom stereocenters. The lowest BCUT2D eigenvalue weighted by Gasteiger charge is -2.45. The highest BCUT2D eigenvalue weighted by molar-refractivity contribution is 5.96. The van der Waals surface area contributed by atoms with Crippen LogP contribution in [0.15, 0.2) is 24.3 Å². The van der Waals surface area contributed by atoms with E-state index in [-0.39, 0.29) is 11.8 Å². The first kappa shape index (κ1) is 17.0. The third-order valence-corrected chi connectivity index (χ3v) is 5.89. The maximum Gasteiger partial charge on any atom is 0.278 e. The smallest absolute Gasteiger partial charge is 0.278 e. The number of aryl methyl sites for hydroxylation is 1. The van der Waals surface area contributed by atoms with Crippen LogP contribution in [0, 0.1) is 6.92 Å². The molecule has 3 N–H and O–H groups in total. The number of benzene rings is 1. The maximum atomic E-state index is 12.8. The lowest BCUT2D eigenvalue weighted by Crippen LogP contribution is -3.22. The molecule has 5 nitrogen and oxygen atoms in total. The maximum absolute atomic E-state index is 12.8. The van der Waals surface area contributed by atoms with Crippen LogP contribution in [0.1, 0.15) is 48.0 Å². The second-order valence-electron chi connectivity index (χ2n) is 7.22. The van der Waals surface area contributed by atoms with Gasteiger partial charge in [0.05, 0.1) is 13.1 Å². The van der Waals surface area contributed by atoms with Gasteiger partial charge in [-0.25, -0.2) is 0 Å². The molecule has 2 aliphatic rings. The quantitative estimate of drug-likeness (QED) is 0.849. The number of nitrogens with zero attached hydrogens (tertiary/aromatic N) is 1. The van der Waals surface area contributed by atoms with E-state index in [2.05, 4.69) is 0 Å². The normalized spacial score (nSPS) is 21.5. The first-order valence-corrected chi connectivity index (χ1v) is 9.04. The zero-order chi connectivity index (χ0) is 17.2. The van der Waals surface area contributed by atoms with Gasteiger partial charge in [-0.1, -0.05) is 18.2 Å². The first-order chi connectivity index (χ1) is 11.5. The molecule has 130 valence electrons. The summed E-state index contributed by atoms with van der Waals surface area (Å²) in [5, 5.41) is 0. The molecule has 2 fully saturated rings. The molecule has 5 heteroatoms. The highest BCUT2D eigenvalue weighted by Gasteiger charge is 2.49. The third-order valence-electron chi connectivity index (χ3n) is 5.89. The van der Waals surface area contributed by atoms with Crippen LogP contribution in [0.3, 0.4) is 0 Å². The molecule has 1 aromatic rings. The molecule has 0 unspecified atom stereocenters. The number of carbonyl (C=O) groups is 2. The second kappa shape index (κ2) is 6.93. The van der Waals surface area contributed by atoms with Crippen LogP contribution in [0.4, 0.5) is 0 Å². The van der Waals surface area contributed by atoms with Crippen molar-refractivity contribution in [1.82, 2.24) is 4.90 Å². The summed E-state index contributed by atoms with van der Waals surface area (Å²) in [5.41, 5.74) is 7.10. The third kappa shape index (κ3) is 3.05. The number of primary amides is 1. The number of amides is 2. The van der Waals surface area contributed by atoms with Gasteiger partial charge in [0.2, 0.25) is 0 Å². The van der Waals surface area contributed by atoms with Gasteiger partial charge in [0, 0.05) is 31.5 Å². The summed E-state index contributed by atoms with van der Waals surface area (Å²) in [6.07, 6.45) is 4.92. The van der Waals surface area contributed by atoms with Gasteiger partial charge in [-0.05, 0) is 37.8 Å². The van der Waals surface area contributed by atoms with Crippen LogP contribution in [-0.4, -0.2) is 48.4 Å². The van der Waals surface area contributed by atoms with Crippen LogP contribution < -0.4 is 10.6 Å². The number of rotatable bonds is 3. The van der Waals surface area contributed by atoms with Gasteiger partial charge in [-0.15, -0.1) is 0 Å². The number of hydrogen-bond donors (Lipinski definition) is 2. The second-order valence-corrected chi connectivity index (χ2v) is 7.22. The number of nitrogens with one attached hydrogen (secondary N) is 1. The van der Waals surface area contributed by atoms with E-state index in [4.69, 9.17) is 5.73 Å². The molecular formula is C19H28N3O2+. The zero-order valence-electron chi connectivity index (χ0n) is 14.5. The Labute approximate surface area is 143 Å². The largest absolute Gasteiger partial charge is 0.364 e. The van der Waals surface area contributed by atoms with E-state index in [9.17, 15) is 9.59 Å². The van der Waals surface area contributed by atoms with Crippen molar-refractivity contribution in [3.05, 3.63) is 35.4 Å². The van der Waals surface area contributed by atoms with Crippen molar-refractivity contribution in [2.45, 2.75) is 44.6 Å². The fourth-order valence-electron chi connectivity index (χ4n) is 4.31. The molecule has 0 radical (unpaired) electrons. The van der Waals surface area contributed by atoms with Gasteiger partial charge in [0.1, 0.15) is 0 Å². The topological polar surface area (TPSA) is 67.8 Å². The highest BCUT2D eigenvalue weighted by Crippen LogP contribution is 2.22. The Morgan fingerprint density at radius 3 is 2.29 bits per heavy atom. The van der Waals surface area contributed by atoms with Crippen LogP contribution in [-0.2, 0) is 4.79 Å². The average Bonchev–Trinajstić information content (AvgIpc) is 2.62. The van der Waals surface area contributed by atoms with Crippen LogP contribution >= 0.6 is 0 Å². The van der Waals surface area contributed by atoms with Crippen LogP contribution in [0.5, 0.6) is 0 Å². The molecule has 24 heavy (non-hydrogen) atoms. The molecule has 2 heterocycles. The van der Waals surface area contributed by atoms with E-state index in [0.717, 1.165) is 37.1 Å². The van der Waals surface area contributed by atoms with Gasteiger partial charge in [0.25, 0.3) is 11.8 Å². The number of quaternary nitrogens is 1. The van der Waals surface area contributed by atoms with Crippen LogP contribution in [0.2, 0.25) is 0 Å². The van der Waals surface area contributed by atoms with Crippen LogP contribution in [0.25, 0.3) is 0 Å². The Morgan fingerprint density at radius 2 is 1.71 bits per heavy atom. The monoisotopic (exact) mass is 330 g/mol. The Bertz CT molecular complexity index is 615. The van der Waals surface area contributed by atoms with Crippen molar-refractivity contribution < 1.29 is 14.5 Å². The van der Waals surface area contributed by atoms with Crippen molar-refractivity contribution in [1.29, 1.82) is 0 Å². The van der Waals surface area contributed by atoms with Crippen molar-refractivity contribution in [3.8, 4) is 0 Å². The number of nitrogens with two attached hydrogens (primary N) is 1. The van der Waals surface area contributed by atoms with Gasteiger partial charge in [-0.3, -0.25) is 9.59 Å². The van der Waals surface area contributed by atoms with Crippen molar-refractivity contribution in [2.75, 3.05) is 26.2 Å². The summed E-state index contributed by atoms with van der Waals surface area (Å²) in [7, 11) is 0. The Hall–Kier alpha value is -1.88. The molecule has 0 aromatic heterocycles. The van der Waals surface area contributed by atoms with Crippen molar-refractivity contribution in [2.24, 2.45) is 5.73 Å². The Kier molecular flexibility index (Phi) is 4.90. The first-order valence-electron chi connectivity index (χ1n) is 9.04. The van der Waals surface area contributed by atoms with Gasteiger partial charge in [-0.2, -0.15) is 0 Å². The fourth-order valence-corrected chi connectivity index (χ4v) is 4.31. The predicted molar refractivity (Wildman–Crippen MR) is 92.8 cm³/mol. The molecule has 2 amide bonds. The minimum Gasteiger partial charge on any atom is -0.364 e. The molecule has 1 aromatic carbocycles. The van der Waals surface area contributed by atoms with E-state index in [1.807, 2.05) is 36.1 Å². The lowest BCUT2D eigenvalue weighted by molar-refractivity contribution is -0.948. The number of hydrogen-bond acceptors (Lipinski definition) is 2. The minimum atomic E-state index is -0.483. The van der Waals surface area contributed by atoms with E-state index < -0.39 is 5.54 Å². The van der Waals surface area contributed by atoms with Crippen molar-refractivity contribution in [3.63, 3.8) is 0 Å². The standard InChI is InChI=1S/C19H27N3O2/c1-15-7-3-4-8-16(15)17(23)21-13-9-19(10-14-21,18(20)24)22-11-5-2-6-12-22/h3-4,7-8H,2,5-6,9-14H2,1H3,(H2,20,24)/p+1. The summed E-state index contributed by atoms with van der Waals surface area (Å²) < 4.78 is 0. The molecule has 2 saturated heterocycles. The molecule has 0 spiro atoms. The Balaban J connectivity index is 1.72. The SMILES string of the molecule is Cc1ccccc1C(=O)N1CCC(C(N)=O)([NH+]2CCCCC2)CC1. The summed E-state index contributed by atoms with van der Waals surface area (Å²) in [5.74, 6) is -0.123. The summed E-state index contributed by atoms with van der Waals surface area (Å²) in [4.78, 5) is 28.3. The summed E-state index contributed by atoms with van der Waals surface area (Å²) >= 11 is 0. The lowest BCUT2D eigenvalue weighted by atomic mass is 9.83. The molecule has 3 rings (SSSR count). The van der Waals surface area contributed by atoms with E-state index in [1.165, 1.54) is 11.3 Å². The fraction of sp³-hybridized carbons (Fsp3) is 0.579. The van der Waals surface area contributed by atoms with Crippen molar-refractivity contribution >= 4 is 11.8 Å². The summed E-state index contributed by atoms with van der Waals surface area (Å²) in [6.45, 7) is 5.23. The van der Waals surface area contributed by atoms with Gasteiger partial charge >= 0.3 is 0 Å². The number of piperidine rings is 2. The number of carbonyl (C=O) groups excluding carboxylic acids is 2. The average molecular weight is 330 g/mol. The highest BCUT2D eigenvalue weighted by atomic mass is 16.2. The molecular weight excluding hydrogens is 302 g/mol. The number of likely N-dealkylation sites (tertiary alicyclic amines) is 2. The van der Waals surface area contributed by atoms with Gasteiger partial charge < -0.3 is 15.5 Å². The van der Waals surface area contributed by atoms with E-state index in [1.54, 1.807) is 0 Å². The minimum absolute atomic E-state index is 0.0693. The summed E-state index contributed by atoms with van der Waals surface area (Å²) in [6, 6.07) is 7.68. The Morgan fingerprint density at radius 1 is 1.08 bits per heavy atom. The zero-order valence-corrected chi connectivity index (χ0v) is 14.5. The van der Waals surface area contributed by atoms with Gasteiger partial charge in [0.15, 0.2) is 5.54 Å². The van der Waals surface area contributed by atoms with E-state index >= 15 is 0 Å².